The van der Waals surface area contributed by atoms with Crippen LogP contribution in [-0.4, -0.2) is 36.1 Å². The second-order valence-corrected chi connectivity index (χ2v) is 9.26. The van der Waals surface area contributed by atoms with Gasteiger partial charge in [-0.15, -0.1) is 0 Å². The molecule has 0 heterocycles. The average Bonchev–Trinajstić information content (AvgIpc) is 2.94. The van der Waals surface area contributed by atoms with Crippen molar-refractivity contribution in [1.82, 2.24) is 0 Å². The molecule has 0 aliphatic rings. The molecule has 0 saturated carbocycles. The second-order valence-electron chi connectivity index (χ2n) is 9.26. The van der Waals surface area contributed by atoms with Gasteiger partial charge in [0, 0.05) is 11.3 Å². The first-order valence-corrected chi connectivity index (χ1v) is 13.0. The van der Waals surface area contributed by atoms with Crippen LogP contribution in [0.15, 0.2) is 84.9 Å². The van der Waals surface area contributed by atoms with Gasteiger partial charge in [0.1, 0.15) is 18.5 Å². The van der Waals surface area contributed by atoms with E-state index in [1.165, 1.54) is 13.0 Å². The minimum atomic E-state index is -0.649. The number of ether oxygens (including phenoxy) is 2. The summed E-state index contributed by atoms with van der Waals surface area (Å²) < 4.78 is 11.4. The molecule has 0 bridgehead atoms. The van der Waals surface area contributed by atoms with Crippen LogP contribution in [0.5, 0.6) is 5.75 Å². The summed E-state index contributed by atoms with van der Waals surface area (Å²) in [6.45, 7) is 3.45. The fraction of sp³-hybridized carbons (Fsp3) is 0.258. The molecule has 2 atom stereocenters. The molecule has 3 aromatic rings. The molecule has 5 N–H and O–H groups in total. The van der Waals surface area contributed by atoms with E-state index in [0.29, 0.717) is 41.2 Å². The second kappa shape index (κ2) is 15.1. The van der Waals surface area contributed by atoms with Gasteiger partial charge in [-0.3, -0.25) is 14.9 Å². The normalized spacial score (nSPS) is 12.4. The number of allylic oxidation sites excluding steroid dienone is 1. The van der Waals surface area contributed by atoms with Crippen molar-refractivity contribution in [2.75, 3.05) is 29.6 Å². The van der Waals surface area contributed by atoms with Crippen LogP contribution in [0.2, 0.25) is 0 Å². The lowest BCUT2D eigenvalue weighted by Crippen LogP contribution is -2.22. The number of hydrogen-bond donors (Lipinski definition) is 4. The van der Waals surface area contributed by atoms with Gasteiger partial charge < -0.3 is 25.6 Å². The fourth-order valence-corrected chi connectivity index (χ4v) is 3.99. The molecular weight excluding hydrogens is 510 g/mol. The summed E-state index contributed by atoms with van der Waals surface area (Å²) in [6.07, 6.45) is 3.12. The molecule has 0 fully saturated rings. The van der Waals surface area contributed by atoms with Crippen LogP contribution in [0.3, 0.4) is 0 Å². The largest absolute Gasteiger partial charge is 0.491 e. The number of para-hydroxylation sites is 2. The van der Waals surface area contributed by atoms with Gasteiger partial charge in [0.2, 0.25) is 5.91 Å². The van der Waals surface area contributed by atoms with Gasteiger partial charge in [-0.25, -0.2) is 4.79 Å². The first-order valence-electron chi connectivity index (χ1n) is 13.0. The third-order valence-electron chi connectivity index (χ3n) is 6.11. The van der Waals surface area contributed by atoms with E-state index in [1.807, 2.05) is 13.0 Å². The zero-order valence-electron chi connectivity index (χ0n) is 22.6. The molecule has 40 heavy (non-hydrogen) atoms. The number of aliphatic hydroxyl groups excluding tert-OH is 1. The number of Topliss-reactive ketones (excluding diaryl/α,β-unsaturated/α-hetero) is 1. The first-order chi connectivity index (χ1) is 19.3. The highest BCUT2D eigenvalue weighted by Gasteiger charge is 2.24. The van der Waals surface area contributed by atoms with Gasteiger partial charge in [0.05, 0.1) is 18.0 Å². The van der Waals surface area contributed by atoms with E-state index in [1.54, 1.807) is 72.8 Å². The standard InChI is InChI=1S/C31H35N3O6/c1-21(8-3-6-13-29(37)34-28-12-5-4-11-27(28)32)30(24-9-7-10-26(20-24)39-19-18-35)40-31(38)33-25-16-14-23(15-17-25)22(2)36/h4-7,9-17,20-21,30,35H,3,8,18-19,32H2,1-2H3,(H,33,38)(H,34,37)/b13-6+/t21-,30+/m0/s1. The molecule has 0 aromatic heterocycles. The Bertz CT molecular complexity index is 1320. The fourth-order valence-electron chi connectivity index (χ4n) is 3.99. The highest BCUT2D eigenvalue weighted by molar-refractivity contribution is 6.01. The number of anilines is 3. The number of rotatable bonds is 13. The molecule has 2 amide bonds. The van der Waals surface area contributed by atoms with Crippen LogP contribution in [0, 0.1) is 5.92 Å². The highest BCUT2D eigenvalue weighted by atomic mass is 16.6. The van der Waals surface area contributed by atoms with Gasteiger partial charge >= 0.3 is 6.09 Å². The Morgan fingerprint density at radius 2 is 1.75 bits per heavy atom. The minimum Gasteiger partial charge on any atom is -0.491 e. The van der Waals surface area contributed by atoms with Gasteiger partial charge in [-0.05, 0) is 85.9 Å². The molecule has 0 aliphatic heterocycles. The summed E-state index contributed by atoms with van der Waals surface area (Å²) in [5.74, 6) is 0.0602. The molecule has 0 radical (unpaired) electrons. The first kappa shape index (κ1) is 29.9. The predicted octanol–water partition coefficient (Wildman–Crippen LogP) is 5.74. The minimum absolute atomic E-state index is 0.0676. The third-order valence-corrected chi connectivity index (χ3v) is 6.11. The molecule has 3 aromatic carbocycles. The summed E-state index contributed by atoms with van der Waals surface area (Å²) in [6, 6.07) is 20.7. The van der Waals surface area contributed by atoms with Crippen LogP contribution in [-0.2, 0) is 9.53 Å². The van der Waals surface area contributed by atoms with Crippen LogP contribution in [0.25, 0.3) is 0 Å². The molecule has 9 heteroatoms. The van der Waals surface area contributed by atoms with Crippen molar-refractivity contribution in [2.24, 2.45) is 5.92 Å². The van der Waals surface area contributed by atoms with E-state index in [-0.39, 0.29) is 30.8 Å². The van der Waals surface area contributed by atoms with Crippen molar-refractivity contribution in [3.8, 4) is 5.75 Å². The van der Waals surface area contributed by atoms with E-state index in [4.69, 9.17) is 20.3 Å². The number of ketones is 1. The van der Waals surface area contributed by atoms with E-state index < -0.39 is 12.2 Å². The quantitative estimate of drug-likeness (QED) is 0.122. The number of hydrogen-bond acceptors (Lipinski definition) is 7. The number of amides is 2. The highest BCUT2D eigenvalue weighted by Crippen LogP contribution is 2.32. The van der Waals surface area contributed by atoms with Crippen molar-refractivity contribution >= 4 is 34.8 Å². The summed E-state index contributed by atoms with van der Waals surface area (Å²) in [5, 5.41) is 14.6. The van der Waals surface area contributed by atoms with Crippen LogP contribution in [0.1, 0.15) is 48.7 Å². The maximum absolute atomic E-state index is 12.9. The van der Waals surface area contributed by atoms with E-state index in [9.17, 15) is 14.4 Å². The molecular formula is C31H35N3O6. The SMILES string of the molecule is CC(=O)c1ccc(NC(=O)O[C@@H](c2cccc(OCCO)c2)[C@@H](C)CC/C=C/C(=O)Nc2ccccc2N)cc1. The molecule has 210 valence electrons. The van der Waals surface area contributed by atoms with Crippen molar-refractivity contribution < 1.29 is 29.0 Å². The Morgan fingerprint density at radius 1 is 1.00 bits per heavy atom. The van der Waals surface area contributed by atoms with E-state index >= 15 is 0 Å². The van der Waals surface area contributed by atoms with Crippen LogP contribution < -0.4 is 21.1 Å². The number of benzene rings is 3. The predicted molar refractivity (Wildman–Crippen MR) is 155 cm³/mol. The van der Waals surface area contributed by atoms with Gasteiger partial charge in [-0.1, -0.05) is 37.3 Å². The lowest BCUT2D eigenvalue weighted by atomic mass is 9.93. The lowest BCUT2D eigenvalue weighted by molar-refractivity contribution is -0.111. The number of nitrogen functional groups attached to an aromatic ring is 1. The number of aliphatic hydroxyl groups is 1. The summed E-state index contributed by atoms with van der Waals surface area (Å²) in [7, 11) is 0. The molecule has 0 unspecified atom stereocenters. The maximum atomic E-state index is 12.9. The summed E-state index contributed by atoms with van der Waals surface area (Å²) >= 11 is 0. The van der Waals surface area contributed by atoms with Crippen LogP contribution in [0.4, 0.5) is 21.9 Å². The van der Waals surface area contributed by atoms with E-state index in [2.05, 4.69) is 10.6 Å². The number of nitrogens with two attached hydrogens (primary N) is 1. The van der Waals surface area contributed by atoms with Crippen molar-refractivity contribution in [3.05, 3.63) is 96.1 Å². The maximum Gasteiger partial charge on any atom is 0.412 e. The van der Waals surface area contributed by atoms with Gasteiger partial charge in [-0.2, -0.15) is 0 Å². The van der Waals surface area contributed by atoms with Crippen LogP contribution >= 0.6 is 0 Å². The Kier molecular flexibility index (Phi) is 11.3. The number of nitrogens with one attached hydrogen (secondary N) is 2. The van der Waals surface area contributed by atoms with Crippen molar-refractivity contribution in [3.63, 3.8) is 0 Å². The topological polar surface area (TPSA) is 140 Å². The molecule has 0 aliphatic carbocycles. The molecule has 3 rings (SSSR count). The molecule has 9 nitrogen and oxygen atoms in total. The Balaban J connectivity index is 1.67. The molecule has 0 spiro atoms. The lowest BCUT2D eigenvalue weighted by Gasteiger charge is -2.25. The Hall–Kier alpha value is -4.63. The van der Waals surface area contributed by atoms with Crippen molar-refractivity contribution in [2.45, 2.75) is 32.8 Å². The van der Waals surface area contributed by atoms with E-state index in [0.717, 1.165) is 5.56 Å². The number of carbonyl (C=O) groups is 3. The smallest absolute Gasteiger partial charge is 0.412 e. The van der Waals surface area contributed by atoms with Crippen molar-refractivity contribution in [1.29, 1.82) is 0 Å². The summed E-state index contributed by atoms with van der Waals surface area (Å²) in [4.78, 5) is 36.7. The Labute approximate surface area is 234 Å². The average molecular weight is 546 g/mol. The molecule has 0 saturated heterocycles. The Morgan fingerprint density at radius 3 is 2.45 bits per heavy atom. The number of carbonyl (C=O) groups excluding carboxylic acids is 3. The zero-order chi connectivity index (χ0) is 28.9. The van der Waals surface area contributed by atoms with Gasteiger partial charge in [0.25, 0.3) is 0 Å². The zero-order valence-corrected chi connectivity index (χ0v) is 22.6. The monoisotopic (exact) mass is 545 g/mol. The van der Waals surface area contributed by atoms with Gasteiger partial charge in [0.15, 0.2) is 5.78 Å². The summed E-state index contributed by atoms with van der Waals surface area (Å²) in [5.41, 5.74) is 8.67. The third kappa shape index (κ3) is 9.28.